The second-order valence-corrected chi connectivity index (χ2v) is 4.85. The van der Waals surface area contributed by atoms with Crippen LogP contribution in [0.15, 0.2) is 0 Å². The summed E-state index contributed by atoms with van der Waals surface area (Å²) in [6.45, 7) is 1.82. The number of nitrogens with one attached hydrogen (secondary N) is 1. The highest BCUT2D eigenvalue weighted by Crippen LogP contribution is 2.36. The van der Waals surface area contributed by atoms with Crippen molar-refractivity contribution in [2.24, 2.45) is 17.8 Å². The van der Waals surface area contributed by atoms with Gasteiger partial charge in [-0.1, -0.05) is 32.1 Å². The predicted octanol–water partition coefficient (Wildman–Crippen LogP) is 1.58. The molecular formula is C12H21NO2. The molecule has 1 saturated carbocycles. The highest BCUT2D eigenvalue weighted by atomic mass is 16.5. The zero-order chi connectivity index (χ0) is 10.7. The quantitative estimate of drug-likeness (QED) is 0.705. The Balaban J connectivity index is 1.97. The Labute approximate surface area is 91.6 Å². The van der Waals surface area contributed by atoms with Crippen molar-refractivity contribution >= 4 is 5.97 Å². The topological polar surface area (TPSA) is 38.3 Å². The molecule has 3 heteroatoms. The Morgan fingerprint density at radius 1 is 1.20 bits per heavy atom. The molecule has 3 nitrogen and oxygen atoms in total. The van der Waals surface area contributed by atoms with Crippen LogP contribution in [-0.4, -0.2) is 26.2 Å². The van der Waals surface area contributed by atoms with Crippen LogP contribution >= 0.6 is 0 Å². The van der Waals surface area contributed by atoms with Crippen molar-refractivity contribution in [2.75, 3.05) is 20.2 Å². The zero-order valence-electron chi connectivity index (χ0n) is 9.50. The molecule has 1 N–H and O–H groups in total. The number of methoxy groups -OCH3 is 1. The maximum Gasteiger partial charge on any atom is 0.310 e. The number of esters is 1. The lowest BCUT2D eigenvalue weighted by molar-refractivity contribution is -0.146. The first-order chi connectivity index (χ1) is 7.33. The third kappa shape index (κ3) is 2.33. The van der Waals surface area contributed by atoms with E-state index in [1.54, 1.807) is 0 Å². The van der Waals surface area contributed by atoms with Gasteiger partial charge in [-0.25, -0.2) is 0 Å². The van der Waals surface area contributed by atoms with Crippen LogP contribution in [0.5, 0.6) is 0 Å². The molecule has 1 aliphatic carbocycles. The van der Waals surface area contributed by atoms with Crippen molar-refractivity contribution in [2.45, 2.75) is 32.1 Å². The van der Waals surface area contributed by atoms with Crippen molar-refractivity contribution < 1.29 is 9.53 Å². The van der Waals surface area contributed by atoms with Crippen molar-refractivity contribution in [3.05, 3.63) is 0 Å². The highest BCUT2D eigenvalue weighted by molar-refractivity contribution is 5.73. The molecule has 0 unspecified atom stereocenters. The van der Waals surface area contributed by atoms with Crippen LogP contribution in [0.2, 0.25) is 0 Å². The maximum atomic E-state index is 11.6. The predicted molar refractivity (Wildman–Crippen MR) is 58.4 cm³/mol. The molecule has 2 atom stereocenters. The fourth-order valence-electron chi connectivity index (χ4n) is 3.17. The molecule has 1 saturated heterocycles. The first kappa shape index (κ1) is 10.9. The lowest BCUT2D eigenvalue weighted by Gasteiger charge is -2.29. The summed E-state index contributed by atoms with van der Waals surface area (Å²) in [5, 5.41) is 3.33. The molecule has 0 aromatic rings. The third-order valence-corrected chi connectivity index (χ3v) is 4.02. The van der Waals surface area contributed by atoms with E-state index in [1.165, 1.54) is 39.2 Å². The zero-order valence-corrected chi connectivity index (χ0v) is 9.50. The Bertz CT molecular complexity index is 224. The summed E-state index contributed by atoms with van der Waals surface area (Å²) in [6, 6.07) is 0. The van der Waals surface area contributed by atoms with Gasteiger partial charge in [0.15, 0.2) is 0 Å². The van der Waals surface area contributed by atoms with Gasteiger partial charge in [-0.15, -0.1) is 0 Å². The van der Waals surface area contributed by atoms with Crippen LogP contribution in [0, 0.1) is 17.8 Å². The molecule has 1 aliphatic heterocycles. The molecule has 0 amide bonds. The molecule has 15 heavy (non-hydrogen) atoms. The fraction of sp³-hybridized carbons (Fsp3) is 0.917. The molecule has 2 fully saturated rings. The molecule has 86 valence electrons. The molecule has 0 spiro atoms. The second kappa shape index (κ2) is 4.97. The van der Waals surface area contributed by atoms with Gasteiger partial charge in [-0.2, -0.15) is 0 Å². The third-order valence-electron chi connectivity index (χ3n) is 4.02. The summed E-state index contributed by atoms with van der Waals surface area (Å²) in [6.07, 6.45) is 6.67. The van der Waals surface area contributed by atoms with Crippen LogP contribution < -0.4 is 5.32 Å². The van der Waals surface area contributed by atoms with Gasteiger partial charge in [0.25, 0.3) is 0 Å². The first-order valence-electron chi connectivity index (χ1n) is 6.11. The molecule has 1 heterocycles. The van der Waals surface area contributed by atoms with Crippen molar-refractivity contribution in [1.82, 2.24) is 5.32 Å². The summed E-state index contributed by atoms with van der Waals surface area (Å²) in [5.41, 5.74) is 0. The second-order valence-electron chi connectivity index (χ2n) is 4.85. The average Bonchev–Trinajstić information content (AvgIpc) is 2.78. The van der Waals surface area contributed by atoms with Gasteiger partial charge >= 0.3 is 5.97 Å². The minimum Gasteiger partial charge on any atom is -0.469 e. The smallest absolute Gasteiger partial charge is 0.310 e. The Morgan fingerprint density at radius 2 is 1.93 bits per heavy atom. The molecule has 2 aliphatic rings. The van der Waals surface area contributed by atoms with E-state index in [4.69, 9.17) is 4.74 Å². The number of ether oxygens (including phenoxy) is 1. The standard InChI is InChI=1S/C12H21NO2/c1-15-12(14)11-8-13-7-10(11)9-5-3-2-4-6-9/h9-11,13H,2-8H2,1H3/t10-,11-/m0/s1. The van der Waals surface area contributed by atoms with E-state index in [1.807, 2.05) is 0 Å². The number of hydrogen-bond donors (Lipinski definition) is 1. The van der Waals surface area contributed by atoms with Gasteiger partial charge in [0.2, 0.25) is 0 Å². The van der Waals surface area contributed by atoms with Gasteiger partial charge in [0.05, 0.1) is 13.0 Å². The van der Waals surface area contributed by atoms with Gasteiger partial charge in [0, 0.05) is 6.54 Å². The summed E-state index contributed by atoms with van der Waals surface area (Å²) < 4.78 is 4.88. The van der Waals surface area contributed by atoms with Crippen molar-refractivity contribution in [3.8, 4) is 0 Å². The number of rotatable bonds is 2. The normalized spacial score (nSPS) is 32.9. The van der Waals surface area contributed by atoms with E-state index >= 15 is 0 Å². The van der Waals surface area contributed by atoms with Crippen molar-refractivity contribution in [1.29, 1.82) is 0 Å². The molecule has 0 aromatic heterocycles. The lowest BCUT2D eigenvalue weighted by atomic mass is 9.75. The average molecular weight is 211 g/mol. The van der Waals surface area contributed by atoms with Crippen LogP contribution in [0.1, 0.15) is 32.1 Å². The first-order valence-corrected chi connectivity index (χ1v) is 6.11. The summed E-state index contributed by atoms with van der Waals surface area (Å²) in [7, 11) is 1.50. The van der Waals surface area contributed by atoms with Gasteiger partial charge in [-0.05, 0) is 18.4 Å². The van der Waals surface area contributed by atoms with E-state index in [2.05, 4.69) is 5.32 Å². The Kier molecular flexibility index (Phi) is 3.62. The van der Waals surface area contributed by atoms with Crippen LogP contribution in [0.25, 0.3) is 0 Å². The van der Waals surface area contributed by atoms with E-state index in [0.29, 0.717) is 5.92 Å². The van der Waals surface area contributed by atoms with E-state index in [-0.39, 0.29) is 11.9 Å². The number of carbonyl (C=O) groups excluding carboxylic acids is 1. The summed E-state index contributed by atoms with van der Waals surface area (Å²) in [4.78, 5) is 11.6. The lowest BCUT2D eigenvalue weighted by Crippen LogP contribution is -2.30. The van der Waals surface area contributed by atoms with Crippen LogP contribution in [-0.2, 0) is 9.53 Å². The van der Waals surface area contributed by atoms with Gasteiger partial charge in [-0.3, -0.25) is 4.79 Å². The number of hydrogen-bond acceptors (Lipinski definition) is 3. The molecular weight excluding hydrogens is 190 g/mol. The Hall–Kier alpha value is -0.570. The Morgan fingerprint density at radius 3 is 2.60 bits per heavy atom. The van der Waals surface area contributed by atoms with E-state index in [9.17, 15) is 4.79 Å². The van der Waals surface area contributed by atoms with E-state index in [0.717, 1.165) is 19.0 Å². The fourth-order valence-corrected chi connectivity index (χ4v) is 3.17. The summed E-state index contributed by atoms with van der Waals surface area (Å²) >= 11 is 0. The molecule has 0 bridgehead atoms. The van der Waals surface area contributed by atoms with Crippen LogP contribution in [0.4, 0.5) is 0 Å². The largest absolute Gasteiger partial charge is 0.469 e. The van der Waals surface area contributed by atoms with Gasteiger partial charge < -0.3 is 10.1 Å². The highest BCUT2D eigenvalue weighted by Gasteiger charge is 2.38. The minimum atomic E-state index is -0.0180. The number of carbonyl (C=O) groups is 1. The SMILES string of the molecule is COC(=O)[C@H]1CNC[C@H]1C1CCCCC1. The van der Waals surface area contributed by atoms with Crippen LogP contribution in [0.3, 0.4) is 0 Å². The van der Waals surface area contributed by atoms with Crippen molar-refractivity contribution in [3.63, 3.8) is 0 Å². The molecule has 0 radical (unpaired) electrons. The van der Waals surface area contributed by atoms with E-state index < -0.39 is 0 Å². The molecule has 0 aromatic carbocycles. The monoisotopic (exact) mass is 211 g/mol. The maximum absolute atomic E-state index is 11.6. The van der Waals surface area contributed by atoms with Gasteiger partial charge in [0.1, 0.15) is 0 Å². The minimum absolute atomic E-state index is 0.0180. The molecule has 2 rings (SSSR count). The summed E-state index contributed by atoms with van der Waals surface area (Å²) in [5.74, 6) is 1.37.